The molecule has 0 bridgehead atoms. The van der Waals surface area contributed by atoms with E-state index >= 15 is 0 Å². The molecule has 0 saturated heterocycles. The summed E-state index contributed by atoms with van der Waals surface area (Å²) in [5.74, 6) is 1.56. The molecule has 0 amide bonds. The van der Waals surface area contributed by atoms with Crippen molar-refractivity contribution in [3.63, 3.8) is 0 Å². The van der Waals surface area contributed by atoms with Gasteiger partial charge in [0.15, 0.2) is 15.8 Å². The molecule has 0 radical (unpaired) electrons. The van der Waals surface area contributed by atoms with E-state index in [1.165, 1.54) is 6.26 Å². The van der Waals surface area contributed by atoms with Gasteiger partial charge in [0.1, 0.15) is 5.75 Å². The molecule has 146 valence electrons. The highest BCUT2D eigenvalue weighted by atomic mass is 32.2. The molecule has 2 aromatic rings. The largest absolute Gasteiger partial charge is 0.494 e. The van der Waals surface area contributed by atoms with Gasteiger partial charge in [-0.1, -0.05) is 30.3 Å². The normalized spacial score (nSPS) is 11.9. The Morgan fingerprint density at radius 1 is 1.11 bits per heavy atom. The van der Waals surface area contributed by atoms with E-state index in [0.29, 0.717) is 24.0 Å². The van der Waals surface area contributed by atoms with Gasteiger partial charge in [-0.25, -0.2) is 8.42 Å². The molecule has 2 rings (SSSR count). The molecule has 0 saturated carbocycles. The van der Waals surface area contributed by atoms with E-state index in [-0.39, 0.29) is 0 Å². The summed E-state index contributed by atoms with van der Waals surface area (Å²) in [7, 11) is -1.48. The molecular formula is C20H27N3O3S. The summed E-state index contributed by atoms with van der Waals surface area (Å²) < 4.78 is 29.0. The van der Waals surface area contributed by atoms with Crippen LogP contribution in [0.2, 0.25) is 0 Å². The Morgan fingerprint density at radius 3 is 2.48 bits per heavy atom. The Labute approximate surface area is 161 Å². The molecule has 6 nitrogen and oxygen atoms in total. The quantitative estimate of drug-likeness (QED) is 0.412. The number of sulfone groups is 1. The van der Waals surface area contributed by atoms with E-state index in [2.05, 4.69) is 15.6 Å². The van der Waals surface area contributed by atoms with E-state index in [0.717, 1.165) is 29.8 Å². The molecule has 0 spiro atoms. The minimum Gasteiger partial charge on any atom is -0.494 e. The van der Waals surface area contributed by atoms with Gasteiger partial charge in [0.2, 0.25) is 0 Å². The summed E-state index contributed by atoms with van der Waals surface area (Å²) in [6.07, 6.45) is 2.07. The van der Waals surface area contributed by atoms with Gasteiger partial charge in [-0.2, -0.15) is 0 Å². The van der Waals surface area contributed by atoms with Crippen molar-refractivity contribution in [1.82, 2.24) is 10.6 Å². The molecule has 0 unspecified atom stereocenters. The monoisotopic (exact) mass is 389 g/mol. The fourth-order valence-corrected chi connectivity index (χ4v) is 3.59. The molecule has 0 aromatic heterocycles. The Morgan fingerprint density at radius 2 is 1.85 bits per heavy atom. The summed E-state index contributed by atoms with van der Waals surface area (Å²) >= 11 is 0. The fraction of sp³-hybridized carbons (Fsp3) is 0.350. The van der Waals surface area contributed by atoms with Gasteiger partial charge in [0.25, 0.3) is 0 Å². The molecule has 7 heteroatoms. The lowest BCUT2D eigenvalue weighted by atomic mass is 10.1. The average molecular weight is 390 g/mol. The van der Waals surface area contributed by atoms with Crippen molar-refractivity contribution >= 4 is 15.8 Å². The highest BCUT2D eigenvalue weighted by Gasteiger charge is 2.10. The first kappa shape index (κ1) is 20.8. The SMILES string of the molecule is CN=C(NCCCOc1ccccc1)NCc1ccc(S(C)(=O)=O)c(C)c1. The first-order valence-electron chi connectivity index (χ1n) is 8.82. The predicted octanol–water partition coefficient (Wildman–Crippen LogP) is 2.53. The molecular weight excluding hydrogens is 362 g/mol. The second kappa shape index (κ2) is 9.97. The molecule has 2 N–H and O–H groups in total. The topological polar surface area (TPSA) is 79.8 Å². The van der Waals surface area contributed by atoms with Crippen molar-refractivity contribution < 1.29 is 13.2 Å². The minimum absolute atomic E-state index is 0.368. The minimum atomic E-state index is -3.19. The summed E-state index contributed by atoms with van der Waals surface area (Å²) in [5, 5.41) is 6.47. The number of nitrogens with one attached hydrogen (secondary N) is 2. The summed E-state index contributed by atoms with van der Waals surface area (Å²) in [6, 6.07) is 15.1. The number of aryl methyl sites for hydroxylation is 1. The molecule has 0 aliphatic heterocycles. The number of hydrogen-bond donors (Lipinski definition) is 2. The van der Waals surface area contributed by atoms with Crippen LogP contribution in [0, 0.1) is 6.92 Å². The van der Waals surface area contributed by atoms with Crippen molar-refractivity contribution in [3.8, 4) is 5.75 Å². The van der Waals surface area contributed by atoms with Crippen molar-refractivity contribution in [2.75, 3.05) is 26.5 Å². The van der Waals surface area contributed by atoms with Gasteiger partial charge in [-0.05, 0) is 42.7 Å². The lowest BCUT2D eigenvalue weighted by Crippen LogP contribution is -2.37. The van der Waals surface area contributed by atoms with E-state index in [4.69, 9.17) is 4.74 Å². The second-order valence-corrected chi connectivity index (χ2v) is 8.22. The fourth-order valence-electron chi connectivity index (χ4n) is 2.63. The van der Waals surface area contributed by atoms with E-state index in [1.54, 1.807) is 20.0 Å². The smallest absolute Gasteiger partial charge is 0.191 e. The van der Waals surface area contributed by atoms with Crippen molar-refractivity contribution in [1.29, 1.82) is 0 Å². The van der Waals surface area contributed by atoms with Crippen LogP contribution in [-0.4, -0.2) is 40.8 Å². The van der Waals surface area contributed by atoms with E-state index in [1.807, 2.05) is 42.5 Å². The van der Waals surface area contributed by atoms with E-state index in [9.17, 15) is 8.42 Å². The van der Waals surface area contributed by atoms with Crippen molar-refractivity contribution in [2.24, 2.45) is 4.99 Å². The molecule has 2 aromatic carbocycles. The van der Waals surface area contributed by atoms with Gasteiger partial charge in [0.05, 0.1) is 11.5 Å². The Bertz CT molecular complexity index is 865. The Hall–Kier alpha value is -2.54. The number of aliphatic imine (C=N–C) groups is 1. The molecule has 0 atom stereocenters. The molecule has 0 aliphatic rings. The van der Waals surface area contributed by atoms with Crippen LogP contribution in [0.1, 0.15) is 17.5 Å². The highest BCUT2D eigenvalue weighted by Crippen LogP contribution is 2.16. The van der Waals surface area contributed by atoms with Crippen LogP contribution in [0.4, 0.5) is 0 Å². The van der Waals surface area contributed by atoms with Gasteiger partial charge in [-0.15, -0.1) is 0 Å². The first-order chi connectivity index (χ1) is 12.9. The third-order valence-electron chi connectivity index (χ3n) is 3.95. The average Bonchev–Trinajstić information content (AvgIpc) is 2.64. The summed E-state index contributed by atoms with van der Waals surface area (Å²) in [5.41, 5.74) is 1.74. The maximum absolute atomic E-state index is 11.7. The number of ether oxygens (including phenoxy) is 1. The Balaban J connectivity index is 1.74. The van der Waals surface area contributed by atoms with Crippen LogP contribution in [0.25, 0.3) is 0 Å². The van der Waals surface area contributed by atoms with Crippen LogP contribution in [0.15, 0.2) is 58.4 Å². The zero-order chi connectivity index (χ0) is 19.7. The van der Waals surface area contributed by atoms with Gasteiger partial charge in [-0.3, -0.25) is 4.99 Å². The lowest BCUT2D eigenvalue weighted by molar-refractivity contribution is 0.311. The maximum Gasteiger partial charge on any atom is 0.191 e. The Kier molecular flexibility index (Phi) is 7.67. The molecule has 0 heterocycles. The standard InChI is InChI=1S/C20H27N3O3S/c1-16-14-17(10-11-19(16)27(3,24)25)15-23-20(21-2)22-12-7-13-26-18-8-5-4-6-9-18/h4-6,8-11,14H,7,12-13,15H2,1-3H3,(H2,21,22,23). The maximum atomic E-state index is 11.7. The number of para-hydroxylation sites is 1. The second-order valence-electron chi connectivity index (χ2n) is 6.24. The van der Waals surface area contributed by atoms with Gasteiger partial charge < -0.3 is 15.4 Å². The van der Waals surface area contributed by atoms with Crippen LogP contribution >= 0.6 is 0 Å². The van der Waals surface area contributed by atoms with Gasteiger partial charge in [0, 0.05) is 26.4 Å². The zero-order valence-corrected chi connectivity index (χ0v) is 16.8. The molecule has 0 aliphatic carbocycles. The van der Waals surface area contributed by atoms with Crippen LogP contribution in [-0.2, 0) is 16.4 Å². The van der Waals surface area contributed by atoms with Gasteiger partial charge >= 0.3 is 0 Å². The van der Waals surface area contributed by atoms with Crippen molar-refractivity contribution in [2.45, 2.75) is 24.8 Å². The summed E-state index contributed by atoms with van der Waals surface area (Å²) in [6.45, 7) is 3.73. The number of rotatable bonds is 8. The highest BCUT2D eigenvalue weighted by molar-refractivity contribution is 7.90. The third-order valence-corrected chi connectivity index (χ3v) is 5.20. The van der Waals surface area contributed by atoms with E-state index < -0.39 is 9.84 Å². The number of guanidine groups is 1. The number of nitrogens with zero attached hydrogens (tertiary/aromatic N) is 1. The third kappa shape index (κ3) is 6.94. The van der Waals surface area contributed by atoms with Crippen LogP contribution < -0.4 is 15.4 Å². The number of benzene rings is 2. The zero-order valence-electron chi connectivity index (χ0n) is 16.0. The lowest BCUT2D eigenvalue weighted by Gasteiger charge is -2.13. The number of hydrogen-bond acceptors (Lipinski definition) is 4. The van der Waals surface area contributed by atoms with Crippen LogP contribution in [0.3, 0.4) is 0 Å². The predicted molar refractivity (Wildman–Crippen MR) is 109 cm³/mol. The molecule has 0 fully saturated rings. The summed E-state index contributed by atoms with van der Waals surface area (Å²) in [4.78, 5) is 4.56. The molecule has 27 heavy (non-hydrogen) atoms. The first-order valence-corrected chi connectivity index (χ1v) is 10.7. The van der Waals surface area contributed by atoms with Crippen LogP contribution in [0.5, 0.6) is 5.75 Å². The van der Waals surface area contributed by atoms with Crippen molar-refractivity contribution in [3.05, 3.63) is 59.7 Å².